The number of rotatable bonds is 5. The molecular formula is C15H17NO7. The van der Waals surface area contributed by atoms with E-state index in [-0.39, 0.29) is 6.61 Å². The van der Waals surface area contributed by atoms with Crippen LogP contribution in [0.15, 0.2) is 23.8 Å². The van der Waals surface area contributed by atoms with Gasteiger partial charge in [0.25, 0.3) is 0 Å². The van der Waals surface area contributed by atoms with E-state index in [1.807, 2.05) is 6.07 Å². The summed E-state index contributed by atoms with van der Waals surface area (Å²) in [4.78, 5) is 33.3. The van der Waals surface area contributed by atoms with E-state index in [1.165, 1.54) is 33.1 Å². The summed E-state index contributed by atoms with van der Waals surface area (Å²) in [5, 5.41) is 9.17. The molecule has 0 saturated carbocycles. The van der Waals surface area contributed by atoms with Crippen LogP contribution < -0.4 is 0 Å². The molecule has 0 spiro atoms. The number of carbonyl (C=O) groups is 3. The monoisotopic (exact) mass is 323 g/mol. The Labute approximate surface area is 133 Å². The lowest BCUT2D eigenvalue weighted by atomic mass is 10.0. The molecule has 0 aromatic rings. The van der Waals surface area contributed by atoms with Crippen LogP contribution in [0.25, 0.3) is 0 Å². The zero-order chi connectivity index (χ0) is 17.4. The molecule has 1 heterocycles. The van der Waals surface area contributed by atoms with Crippen molar-refractivity contribution in [2.24, 2.45) is 0 Å². The van der Waals surface area contributed by atoms with Crippen molar-refractivity contribution < 1.29 is 33.3 Å². The van der Waals surface area contributed by atoms with Crippen molar-refractivity contribution in [1.29, 1.82) is 5.26 Å². The molecule has 0 fully saturated rings. The number of esters is 3. The molecule has 1 rings (SSSR count). The van der Waals surface area contributed by atoms with E-state index in [0.29, 0.717) is 5.57 Å². The van der Waals surface area contributed by atoms with Crippen molar-refractivity contribution in [3.63, 3.8) is 0 Å². The Balaban J connectivity index is 3.01. The van der Waals surface area contributed by atoms with E-state index >= 15 is 0 Å². The highest BCUT2D eigenvalue weighted by Gasteiger charge is 2.34. The van der Waals surface area contributed by atoms with Crippen molar-refractivity contribution in [3.8, 4) is 6.07 Å². The quantitative estimate of drug-likeness (QED) is 0.407. The lowest BCUT2D eigenvalue weighted by Crippen LogP contribution is -2.42. The van der Waals surface area contributed by atoms with E-state index < -0.39 is 36.2 Å². The maximum absolute atomic E-state index is 11.2. The molecule has 1 aliphatic rings. The molecule has 124 valence electrons. The fraction of sp³-hybridized carbons (Fsp3) is 0.467. The summed E-state index contributed by atoms with van der Waals surface area (Å²) >= 11 is 0. The Bertz CT molecular complexity index is 573. The molecular weight excluding hydrogens is 306 g/mol. The van der Waals surface area contributed by atoms with Gasteiger partial charge < -0.3 is 18.9 Å². The molecule has 3 atom stereocenters. The van der Waals surface area contributed by atoms with Crippen LogP contribution in [-0.4, -0.2) is 49.9 Å². The zero-order valence-corrected chi connectivity index (χ0v) is 13.0. The number of hydrogen-bond donors (Lipinski definition) is 0. The summed E-state index contributed by atoms with van der Waals surface area (Å²) in [6, 6.07) is 1.91. The molecule has 0 aromatic heterocycles. The van der Waals surface area contributed by atoms with E-state index in [4.69, 9.17) is 19.5 Å². The lowest BCUT2D eigenvalue weighted by Gasteiger charge is -2.31. The summed E-state index contributed by atoms with van der Waals surface area (Å²) < 4.78 is 19.9. The molecule has 1 aliphatic heterocycles. The predicted octanol–water partition coefficient (Wildman–Crippen LogP) is 0.428. The highest BCUT2D eigenvalue weighted by atomic mass is 16.6. The Hall–Kier alpha value is -2.66. The average molecular weight is 323 g/mol. The Morgan fingerprint density at radius 1 is 1.35 bits per heavy atom. The van der Waals surface area contributed by atoms with Crippen LogP contribution in [0.5, 0.6) is 0 Å². The highest BCUT2D eigenvalue weighted by molar-refractivity contribution is 5.82. The Morgan fingerprint density at radius 2 is 2.04 bits per heavy atom. The SMILES string of the molecule is COC(=O)/C=C/C1=C[C@H](OC(C)=O)[C@@H](COC(C)=O)O[C@@H]1C#N. The van der Waals surface area contributed by atoms with Crippen LogP contribution in [0, 0.1) is 11.3 Å². The first-order chi connectivity index (χ1) is 10.9. The minimum absolute atomic E-state index is 0.171. The number of hydrogen-bond acceptors (Lipinski definition) is 8. The van der Waals surface area contributed by atoms with Crippen LogP contribution in [0.1, 0.15) is 13.8 Å². The van der Waals surface area contributed by atoms with Gasteiger partial charge in [-0.3, -0.25) is 9.59 Å². The number of methoxy groups -OCH3 is 1. The summed E-state index contributed by atoms with van der Waals surface area (Å²) in [5.74, 6) is -1.69. The third-order valence-electron chi connectivity index (χ3n) is 2.82. The second-order valence-electron chi connectivity index (χ2n) is 4.58. The predicted molar refractivity (Wildman–Crippen MR) is 75.7 cm³/mol. The van der Waals surface area contributed by atoms with Crippen LogP contribution >= 0.6 is 0 Å². The maximum Gasteiger partial charge on any atom is 0.330 e. The molecule has 0 saturated heterocycles. The van der Waals surface area contributed by atoms with Crippen molar-refractivity contribution in [1.82, 2.24) is 0 Å². The topological polar surface area (TPSA) is 112 Å². The van der Waals surface area contributed by atoms with Gasteiger partial charge in [0.05, 0.1) is 13.2 Å². The summed E-state index contributed by atoms with van der Waals surface area (Å²) in [7, 11) is 1.22. The molecule has 8 nitrogen and oxygen atoms in total. The zero-order valence-electron chi connectivity index (χ0n) is 13.0. The van der Waals surface area contributed by atoms with Gasteiger partial charge in [0, 0.05) is 19.9 Å². The molecule has 0 aliphatic carbocycles. The molecule has 0 unspecified atom stereocenters. The van der Waals surface area contributed by atoms with Gasteiger partial charge in [0.2, 0.25) is 0 Å². The van der Waals surface area contributed by atoms with Crippen LogP contribution in [0.4, 0.5) is 0 Å². The molecule has 0 aromatic carbocycles. The van der Waals surface area contributed by atoms with Crippen LogP contribution in [0.2, 0.25) is 0 Å². The number of nitriles is 1. The van der Waals surface area contributed by atoms with Crippen LogP contribution in [0.3, 0.4) is 0 Å². The molecule has 23 heavy (non-hydrogen) atoms. The molecule has 0 N–H and O–H groups in total. The standard InChI is InChI=1S/C15H17NO7/c1-9(17)21-8-14-12(22-10(2)18)6-11(13(7-16)23-14)4-5-15(19)20-3/h4-6,12-14H,8H2,1-3H3/b5-4+/t12-,13+,14+/m0/s1. The minimum Gasteiger partial charge on any atom is -0.466 e. The summed E-state index contributed by atoms with van der Waals surface area (Å²) in [6.07, 6.45) is 1.28. The largest absolute Gasteiger partial charge is 0.466 e. The summed E-state index contributed by atoms with van der Waals surface area (Å²) in [6.45, 7) is 2.28. The van der Waals surface area contributed by atoms with Gasteiger partial charge >= 0.3 is 17.9 Å². The molecule has 0 radical (unpaired) electrons. The molecule has 0 amide bonds. The number of nitrogens with zero attached hydrogens (tertiary/aromatic N) is 1. The van der Waals surface area contributed by atoms with Crippen molar-refractivity contribution in [2.45, 2.75) is 32.2 Å². The third kappa shape index (κ3) is 5.92. The first-order valence-electron chi connectivity index (χ1n) is 6.70. The van der Waals surface area contributed by atoms with Gasteiger partial charge in [-0.05, 0) is 17.7 Å². The number of carbonyl (C=O) groups excluding carboxylic acids is 3. The first-order valence-corrected chi connectivity index (χ1v) is 6.70. The van der Waals surface area contributed by atoms with E-state index in [2.05, 4.69) is 4.74 Å². The second kappa shape index (κ2) is 8.70. The van der Waals surface area contributed by atoms with Gasteiger partial charge in [-0.25, -0.2) is 4.79 Å². The fourth-order valence-corrected chi connectivity index (χ4v) is 1.83. The van der Waals surface area contributed by atoms with Gasteiger partial charge in [0.15, 0.2) is 12.2 Å². The van der Waals surface area contributed by atoms with Crippen molar-refractivity contribution in [3.05, 3.63) is 23.8 Å². The second-order valence-corrected chi connectivity index (χ2v) is 4.58. The van der Waals surface area contributed by atoms with E-state index in [9.17, 15) is 14.4 Å². The van der Waals surface area contributed by atoms with Gasteiger partial charge in [-0.15, -0.1) is 0 Å². The van der Waals surface area contributed by atoms with Crippen LogP contribution in [-0.2, 0) is 33.3 Å². The molecule has 8 heteroatoms. The van der Waals surface area contributed by atoms with Crippen molar-refractivity contribution in [2.75, 3.05) is 13.7 Å². The fourth-order valence-electron chi connectivity index (χ4n) is 1.83. The normalized spacial score (nSPS) is 23.6. The first kappa shape index (κ1) is 18.4. The van der Waals surface area contributed by atoms with Gasteiger partial charge in [-0.2, -0.15) is 5.26 Å². The summed E-state index contributed by atoms with van der Waals surface area (Å²) in [5.41, 5.74) is 0.336. The van der Waals surface area contributed by atoms with E-state index in [0.717, 1.165) is 6.08 Å². The highest BCUT2D eigenvalue weighted by Crippen LogP contribution is 2.23. The van der Waals surface area contributed by atoms with Crippen molar-refractivity contribution >= 4 is 17.9 Å². The molecule has 0 bridgehead atoms. The lowest BCUT2D eigenvalue weighted by molar-refractivity contribution is -0.161. The third-order valence-corrected chi connectivity index (χ3v) is 2.82. The minimum atomic E-state index is -0.997. The number of ether oxygens (including phenoxy) is 4. The van der Waals surface area contributed by atoms with Gasteiger partial charge in [0.1, 0.15) is 12.7 Å². The Kier molecular flexibility index (Phi) is 6.96. The average Bonchev–Trinajstić information content (AvgIpc) is 2.50. The van der Waals surface area contributed by atoms with E-state index in [1.54, 1.807) is 0 Å². The van der Waals surface area contributed by atoms with Gasteiger partial charge in [-0.1, -0.05) is 0 Å². The maximum atomic E-state index is 11.2. The smallest absolute Gasteiger partial charge is 0.330 e. The Morgan fingerprint density at radius 3 is 2.57 bits per heavy atom.